The maximum Gasteiger partial charge on any atom is 0.274 e. The first kappa shape index (κ1) is 17.5. The second kappa shape index (κ2) is 7.70. The summed E-state index contributed by atoms with van der Waals surface area (Å²) in [5, 5.41) is 6.22. The lowest BCUT2D eigenvalue weighted by Gasteiger charge is -2.13. The number of carbonyl (C=O) groups excluding carboxylic acids is 1. The molecule has 1 heterocycles. The number of pyridine rings is 1. The zero-order chi connectivity index (χ0) is 18.5. The van der Waals surface area contributed by atoms with Gasteiger partial charge in [0.25, 0.3) is 5.91 Å². The highest BCUT2D eigenvalue weighted by Crippen LogP contribution is 2.24. The number of hydrogen-bond acceptors (Lipinski definition) is 4. The molecule has 0 atom stereocenters. The minimum Gasteiger partial charge on any atom is -0.497 e. The summed E-state index contributed by atoms with van der Waals surface area (Å²) in [4.78, 5) is 16.7. The lowest BCUT2D eigenvalue weighted by Crippen LogP contribution is -2.14. The van der Waals surface area contributed by atoms with Crippen molar-refractivity contribution in [2.75, 3.05) is 17.7 Å². The highest BCUT2D eigenvalue weighted by Gasteiger charge is 2.10. The van der Waals surface area contributed by atoms with E-state index in [1.807, 2.05) is 50.2 Å². The Kier molecular flexibility index (Phi) is 5.17. The molecular weight excluding hydrogens is 326 g/mol. The predicted octanol–water partition coefficient (Wildman–Crippen LogP) is 4.70. The Hall–Kier alpha value is -3.34. The number of aryl methyl sites for hydroxylation is 2. The van der Waals surface area contributed by atoms with Crippen LogP contribution in [0.15, 0.2) is 60.8 Å². The van der Waals surface area contributed by atoms with Gasteiger partial charge in [0.05, 0.1) is 7.11 Å². The molecule has 5 nitrogen and oxygen atoms in total. The molecule has 3 aromatic rings. The molecule has 132 valence electrons. The van der Waals surface area contributed by atoms with Crippen LogP contribution in [-0.2, 0) is 0 Å². The van der Waals surface area contributed by atoms with E-state index in [-0.39, 0.29) is 5.91 Å². The van der Waals surface area contributed by atoms with Gasteiger partial charge in [0.1, 0.15) is 11.4 Å². The summed E-state index contributed by atoms with van der Waals surface area (Å²) < 4.78 is 5.17. The summed E-state index contributed by atoms with van der Waals surface area (Å²) >= 11 is 0. The van der Waals surface area contributed by atoms with E-state index in [0.29, 0.717) is 17.1 Å². The molecule has 3 rings (SSSR count). The van der Waals surface area contributed by atoms with Gasteiger partial charge in [-0.1, -0.05) is 24.3 Å². The number of rotatable bonds is 5. The molecule has 1 amide bonds. The molecule has 2 aromatic carbocycles. The molecule has 0 aliphatic heterocycles. The van der Waals surface area contributed by atoms with Crippen LogP contribution in [0.3, 0.4) is 0 Å². The average molecular weight is 347 g/mol. The van der Waals surface area contributed by atoms with Crippen LogP contribution < -0.4 is 15.4 Å². The van der Waals surface area contributed by atoms with Crippen molar-refractivity contribution in [1.29, 1.82) is 0 Å². The molecule has 5 heteroatoms. The average Bonchev–Trinajstić information content (AvgIpc) is 2.65. The number of amides is 1. The Morgan fingerprint density at radius 1 is 0.962 bits per heavy atom. The number of anilines is 3. The molecule has 0 radical (unpaired) electrons. The van der Waals surface area contributed by atoms with E-state index in [4.69, 9.17) is 4.74 Å². The number of hydrogen-bond donors (Lipinski definition) is 2. The van der Waals surface area contributed by atoms with Gasteiger partial charge in [0.2, 0.25) is 0 Å². The van der Waals surface area contributed by atoms with Gasteiger partial charge in [-0.2, -0.15) is 0 Å². The first-order valence-corrected chi connectivity index (χ1v) is 8.31. The molecule has 0 bridgehead atoms. The predicted molar refractivity (Wildman–Crippen MR) is 104 cm³/mol. The minimum absolute atomic E-state index is 0.275. The van der Waals surface area contributed by atoms with Crippen molar-refractivity contribution in [3.05, 3.63) is 77.6 Å². The third-order valence-electron chi connectivity index (χ3n) is 4.07. The van der Waals surface area contributed by atoms with Gasteiger partial charge in [-0.15, -0.1) is 0 Å². The van der Waals surface area contributed by atoms with Crippen molar-refractivity contribution < 1.29 is 9.53 Å². The number of ether oxygens (including phenoxy) is 1. The number of para-hydroxylation sites is 1. The standard InChI is InChI=1S/C21H21N3O2/c1-14-6-4-7-15(2)20(14)23-17-10-11-22-19(13-17)21(25)24-16-8-5-9-18(12-16)26-3/h4-13H,1-3H3,(H,22,23)(H,24,25). The highest BCUT2D eigenvalue weighted by atomic mass is 16.5. The lowest BCUT2D eigenvalue weighted by molar-refractivity contribution is 0.102. The van der Waals surface area contributed by atoms with E-state index in [0.717, 1.165) is 22.5 Å². The van der Waals surface area contributed by atoms with Crippen molar-refractivity contribution in [2.24, 2.45) is 0 Å². The van der Waals surface area contributed by atoms with Crippen LogP contribution in [0.1, 0.15) is 21.6 Å². The molecule has 0 saturated carbocycles. The molecule has 0 aliphatic rings. The van der Waals surface area contributed by atoms with E-state index in [1.54, 1.807) is 31.5 Å². The normalized spacial score (nSPS) is 10.3. The van der Waals surface area contributed by atoms with Gasteiger partial charge in [0, 0.05) is 29.3 Å². The van der Waals surface area contributed by atoms with Crippen LogP contribution in [0.2, 0.25) is 0 Å². The number of methoxy groups -OCH3 is 1. The van der Waals surface area contributed by atoms with Crippen molar-refractivity contribution in [2.45, 2.75) is 13.8 Å². The first-order chi connectivity index (χ1) is 12.6. The number of nitrogens with zero attached hydrogens (tertiary/aromatic N) is 1. The monoisotopic (exact) mass is 347 g/mol. The van der Waals surface area contributed by atoms with Gasteiger partial charge in [-0.3, -0.25) is 9.78 Å². The number of carbonyl (C=O) groups is 1. The molecule has 0 unspecified atom stereocenters. The molecule has 1 aromatic heterocycles. The van der Waals surface area contributed by atoms with Gasteiger partial charge in [0.15, 0.2) is 0 Å². The topological polar surface area (TPSA) is 63.2 Å². The van der Waals surface area contributed by atoms with Gasteiger partial charge >= 0.3 is 0 Å². The zero-order valence-corrected chi connectivity index (χ0v) is 15.0. The fraction of sp³-hybridized carbons (Fsp3) is 0.143. The summed E-state index contributed by atoms with van der Waals surface area (Å²) in [5.74, 6) is 0.407. The van der Waals surface area contributed by atoms with Crippen LogP contribution in [0.5, 0.6) is 5.75 Å². The van der Waals surface area contributed by atoms with E-state index >= 15 is 0 Å². The van der Waals surface area contributed by atoms with E-state index in [1.165, 1.54) is 0 Å². The fourth-order valence-electron chi connectivity index (χ4n) is 2.68. The number of aromatic nitrogens is 1. The Morgan fingerprint density at radius 3 is 2.42 bits per heavy atom. The third kappa shape index (κ3) is 4.00. The summed E-state index contributed by atoms with van der Waals surface area (Å²) in [6.07, 6.45) is 1.62. The molecule has 0 fully saturated rings. The van der Waals surface area contributed by atoms with Crippen molar-refractivity contribution in [3.8, 4) is 5.75 Å². The van der Waals surface area contributed by atoms with Gasteiger partial charge in [-0.25, -0.2) is 0 Å². The Bertz CT molecular complexity index is 918. The maximum absolute atomic E-state index is 12.5. The molecule has 0 saturated heterocycles. The maximum atomic E-state index is 12.5. The van der Waals surface area contributed by atoms with Crippen molar-refractivity contribution >= 4 is 23.0 Å². The van der Waals surface area contributed by atoms with E-state index < -0.39 is 0 Å². The Morgan fingerprint density at radius 2 is 1.69 bits per heavy atom. The smallest absolute Gasteiger partial charge is 0.274 e. The number of benzene rings is 2. The largest absolute Gasteiger partial charge is 0.497 e. The van der Waals surface area contributed by atoms with Crippen LogP contribution in [0.25, 0.3) is 0 Å². The first-order valence-electron chi connectivity index (χ1n) is 8.31. The zero-order valence-electron chi connectivity index (χ0n) is 15.0. The minimum atomic E-state index is -0.275. The fourth-order valence-corrected chi connectivity index (χ4v) is 2.68. The van der Waals surface area contributed by atoms with Crippen LogP contribution >= 0.6 is 0 Å². The molecule has 0 aliphatic carbocycles. The van der Waals surface area contributed by atoms with Crippen LogP contribution in [0.4, 0.5) is 17.1 Å². The third-order valence-corrected chi connectivity index (χ3v) is 4.07. The van der Waals surface area contributed by atoms with Gasteiger partial charge < -0.3 is 15.4 Å². The lowest BCUT2D eigenvalue weighted by atomic mass is 10.1. The summed E-state index contributed by atoms with van der Waals surface area (Å²) in [7, 11) is 1.59. The Balaban J connectivity index is 1.79. The molecule has 0 spiro atoms. The second-order valence-corrected chi connectivity index (χ2v) is 6.01. The SMILES string of the molecule is COc1cccc(NC(=O)c2cc(Nc3c(C)cccc3C)ccn2)c1. The highest BCUT2D eigenvalue weighted by molar-refractivity contribution is 6.03. The number of nitrogens with one attached hydrogen (secondary N) is 2. The van der Waals surface area contributed by atoms with Crippen molar-refractivity contribution in [1.82, 2.24) is 4.98 Å². The second-order valence-electron chi connectivity index (χ2n) is 6.01. The van der Waals surface area contributed by atoms with Crippen molar-refractivity contribution in [3.63, 3.8) is 0 Å². The van der Waals surface area contributed by atoms with E-state index in [9.17, 15) is 4.79 Å². The molecular formula is C21H21N3O2. The summed E-state index contributed by atoms with van der Waals surface area (Å²) in [5.41, 5.74) is 5.13. The summed E-state index contributed by atoms with van der Waals surface area (Å²) in [6.45, 7) is 4.10. The van der Waals surface area contributed by atoms with Crippen LogP contribution in [0, 0.1) is 13.8 Å². The quantitative estimate of drug-likeness (QED) is 0.702. The summed E-state index contributed by atoms with van der Waals surface area (Å²) in [6, 6.07) is 16.9. The Labute approximate surface area is 153 Å². The van der Waals surface area contributed by atoms with Gasteiger partial charge in [-0.05, 0) is 49.2 Å². The van der Waals surface area contributed by atoms with Crippen LogP contribution in [-0.4, -0.2) is 18.0 Å². The molecule has 2 N–H and O–H groups in total. The van der Waals surface area contributed by atoms with E-state index in [2.05, 4.69) is 15.6 Å². The molecule has 26 heavy (non-hydrogen) atoms.